The summed E-state index contributed by atoms with van der Waals surface area (Å²) >= 11 is 0. The van der Waals surface area contributed by atoms with Gasteiger partial charge >= 0.3 is 0 Å². The largest absolute Gasteiger partial charge is 0.496 e. The van der Waals surface area contributed by atoms with Gasteiger partial charge in [0, 0.05) is 31.6 Å². The first-order chi connectivity index (χ1) is 13.3. The fraction of sp³-hybridized carbons (Fsp3) is 0.381. The maximum absolute atomic E-state index is 9.63. The van der Waals surface area contributed by atoms with Gasteiger partial charge in [-0.2, -0.15) is 0 Å². The Morgan fingerprint density at radius 1 is 1.07 bits per heavy atom. The van der Waals surface area contributed by atoms with E-state index in [-0.39, 0.29) is 36.5 Å². The van der Waals surface area contributed by atoms with Crippen LogP contribution in [0.5, 0.6) is 5.75 Å². The zero-order valence-electron chi connectivity index (χ0n) is 16.4. The Morgan fingerprint density at radius 3 is 2.46 bits per heavy atom. The zero-order valence-corrected chi connectivity index (χ0v) is 18.8. The topological polar surface area (TPSA) is 75.1 Å². The summed E-state index contributed by atoms with van der Waals surface area (Å²) in [4.78, 5) is 4.21. The Labute approximate surface area is 184 Å². The van der Waals surface area contributed by atoms with E-state index in [2.05, 4.69) is 15.6 Å². The van der Waals surface area contributed by atoms with Crippen molar-refractivity contribution in [3.05, 3.63) is 65.7 Å². The van der Waals surface area contributed by atoms with E-state index in [0.717, 1.165) is 16.9 Å². The third-order valence-corrected chi connectivity index (χ3v) is 4.22. The molecule has 154 valence electrons. The van der Waals surface area contributed by atoms with Crippen molar-refractivity contribution < 1.29 is 14.6 Å². The monoisotopic (exact) mass is 499 g/mol. The third-order valence-electron chi connectivity index (χ3n) is 4.22. The summed E-state index contributed by atoms with van der Waals surface area (Å²) in [7, 11) is 3.38. The highest BCUT2D eigenvalue weighted by molar-refractivity contribution is 14.0. The molecular weight excluding hydrogens is 469 g/mol. The normalized spacial score (nSPS) is 12.0. The summed E-state index contributed by atoms with van der Waals surface area (Å²) in [6.45, 7) is 2.35. The van der Waals surface area contributed by atoms with Crippen molar-refractivity contribution in [2.45, 2.75) is 12.5 Å². The molecule has 0 radical (unpaired) electrons. The molecular formula is C21H30IN3O3. The van der Waals surface area contributed by atoms with Crippen LogP contribution < -0.4 is 15.4 Å². The van der Waals surface area contributed by atoms with Crippen LogP contribution in [0.2, 0.25) is 0 Å². The minimum Gasteiger partial charge on any atom is -0.496 e. The molecule has 2 aromatic carbocycles. The van der Waals surface area contributed by atoms with Crippen LogP contribution in [0.15, 0.2) is 59.6 Å². The van der Waals surface area contributed by atoms with Crippen LogP contribution in [0.4, 0.5) is 0 Å². The van der Waals surface area contributed by atoms with Crippen molar-refractivity contribution in [2.75, 3.05) is 40.5 Å². The number of nitrogens with zero attached hydrogens (tertiary/aromatic N) is 1. The quantitative estimate of drug-likeness (QED) is 0.203. The number of hydrogen-bond donors (Lipinski definition) is 3. The average molecular weight is 499 g/mol. The molecule has 0 bridgehead atoms. The van der Waals surface area contributed by atoms with E-state index in [4.69, 9.17) is 9.47 Å². The van der Waals surface area contributed by atoms with Gasteiger partial charge in [-0.15, -0.1) is 24.0 Å². The summed E-state index contributed by atoms with van der Waals surface area (Å²) in [6, 6.07) is 17.8. The van der Waals surface area contributed by atoms with Crippen LogP contribution >= 0.6 is 24.0 Å². The van der Waals surface area contributed by atoms with Crippen LogP contribution in [0.1, 0.15) is 17.0 Å². The molecule has 0 saturated heterocycles. The lowest BCUT2D eigenvalue weighted by molar-refractivity contribution is 0.123. The first-order valence-electron chi connectivity index (χ1n) is 9.08. The van der Waals surface area contributed by atoms with Crippen molar-refractivity contribution in [3.63, 3.8) is 0 Å². The van der Waals surface area contributed by atoms with E-state index in [1.807, 2.05) is 54.6 Å². The molecule has 2 rings (SSSR count). The van der Waals surface area contributed by atoms with Gasteiger partial charge in [0.05, 0.1) is 26.9 Å². The van der Waals surface area contributed by atoms with Gasteiger partial charge in [0.15, 0.2) is 5.96 Å². The molecule has 0 saturated carbocycles. The minimum atomic E-state index is 0. The molecule has 6 nitrogen and oxygen atoms in total. The highest BCUT2D eigenvalue weighted by Gasteiger charge is 2.10. The molecule has 0 spiro atoms. The van der Waals surface area contributed by atoms with Crippen molar-refractivity contribution in [3.8, 4) is 5.75 Å². The first-order valence-corrected chi connectivity index (χ1v) is 9.08. The maximum Gasteiger partial charge on any atom is 0.191 e. The number of benzene rings is 2. The number of aliphatic imine (C=N–C) groups is 1. The Balaban J connectivity index is 0.00000392. The van der Waals surface area contributed by atoms with Crippen LogP contribution in [0.3, 0.4) is 0 Å². The van der Waals surface area contributed by atoms with Crippen LogP contribution in [-0.2, 0) is 11.3 Å². The van der Waals surface area contributed by atoms with Gasteiger partial charge in [-0.3, -0.25) is 4.99 Å². The number of aliphatic hydroxyl groups is 1. The lowest BCUT2D eigenvalue weighted by Crippen LogP contribution is -2.41. The molecule has 0 fully saturated rings. The van der Waals surface area contributed by atoms with Crippen LogP contribution in [0.25, 0.3) is 0 Å². The number of para-hydroxylation sites is 1. The van der Waals surface area contributed by atoms with Gasteiger partial charge in [0.2, 0.25) is 0 Å². The van der Waals surface area contributed by atoms with Crippen LogP contribution in [-0.4, -0.2) is 51.5 Å². The Bertz CT molecular complexity index is 698. The fourth-order valence-electron chi connectivity index (χ4n) is 2.70. The van der Waals surface area contributed by atoms with Gasteiger partial charge in [0.25, 0.3) is 0 Å². The van der Waals surface area contributed by atoms with Gasteiger partial charge < -0.3 is 25.2 Å². The molecule has 0 heterocycles. The molecule has 0 aliphatic carbocycles. The molecule has 0 aromatic heterocycles. The van der Waals surface area contributed by atoms with E-state index in [0.29, 0.717) is 32.3 Å². The van der Waals surface area contributed by atoms with Crippen molar-refractivity contribution in [1.82, 2.24) is 10.6 Å². The lowest BCUT2D eigenvalue weighted by atomic mass is 10.0. The van der Waals surface area contributed by atoms with E-state index in [1.54, 1.807) is 14.2 Å². The van der Waals surface area contributed by atoms with Gasteiger partial charge in [0.1, 0.15) is 5.75 Å². The number of halogens is 1. The molecule has 2 aromatic rings. The maximum atomic E-state index is 9.63. The highest BCUT2D eigenvalue weighted by atomic mass is 127. The number of methoxy groups -OCH3 is 1. The molecule has 7 heteroatoms. The standard InChI is InChI=1S/C21H29N3O3.HI/c1-22-21(24-14-19(15-25)17-8-4-3-5-9-17)23-12-13-27-16-18-10-6-7-11-20(18)26-2;/h3-11,19,25H,12-16H2,1-2H3,(H2,22,23,24);1H. The molecule has 28 heavy (non-hydrogen) atoms. The van der Waals surface area contributed by atoms with Crippen molar-refractivity contribution in [2.24, 2.45) is 4.99 Å². The molecule has 0 aliphatic rings. The predicted molar refractivity (Wildman–Crippen MR) is 124 cm³/mol. The number of hydrogen-bond acceptors (Lipinski definition) is 4. The van der Waals surface area contributed by atoms with Crippen molar-refractivity contribution in [1.29, 1.82) is 0 Å². The Kier molecular flexibility index (Phi) is 12.3. The summed E-state index contributed by atoms with van der Waals surface area (Å²) < 4.78 is 11.0. The van der Waals surface area contributed by atoms with E-state index >= 15 is 0 Å². The predicted octanol–water partition coefficient (Wildman–Crippen LogP) is 2.77. The van der Waals surface area contributed by atoms with Crippen LogP contribution in [0, 0.1) is 0 Å². The van der Waals surface area contributed by atoms with E-state index in [9.17, 15) is 5.11 Å². The number of aliphatic hydroxyl groups excluding tert-OH is 1. The number of ether oxygens (including phenoxy) is 2. The zero-order chi connectivity index (χ0) is 19.3. The second-order valence-corrected chi connectivity index (χ2v) is 6.03. The number of guanidine groups is 1. The lowest BCUT2D eigenvalue weighted by Gasteiger charge is -2.18. The second kappa shape index (κ2) is 14.2. The summed E-state index contributed by atoms with van der Waals surface area (Å²) in [5, 5.41) is 16.1. The smallest absolute Gasteiger partial charge is 0.191 e. The number of nitrogens with one attached hydrogen (secondary N) is 2. The fourth-order valence-corrected chi connectivity index (χ4v) is 2.70. The minimum absolute atomic E-state index is 0. The SMILES string of the molecule is CN=C(NCCOCc1ccccc1OC)NCC(CO)c1ccccc1.I. The molecule has 0 aliphatic heterocycles. The van der Waals surface area contributed by atoms with E-state index < -0.39 is 0 Å². The van der Waals surface area contributed by atoms with Gasteiger partial charge in [-0.1, -0.05) is 48.5 Å². The molecule has 3 N–H and O–H groups in total. The molecule has 1 unspecified atom stereocenters. The number of rotatable bonds is 10. The third kappa shape index (κ3) is 8.04. The summed E-state index contributed by atoms with van der Waals surface area (Å²) in [5.41, 5.74) is 2.12. The Hall–Kier alpha value is -1.84. The van der Waals surface area contributed by atoms with E-state index in [1.165, 1.54) is 0 Å². The van der Waals surface area contributed by atoms with Gasteiger partial charge in [-0.25, -0.2) is 0 Å². The van der Waals surface area contributed by atoms with Crippen molar-refractivity contribution >= 4 is 29.9 Å². The molecule has 1 atom stereocenters. The highest BCUT2D eigenvalue weighted by Crippen LogP contribution is 2.17. The average Bonchev–Trinajstić information content (AvgIpc) is 2.73. The first kappa shape index (κ1) is 24.2. The summed E-state index contributed by atoms with van der Waals surface area (Å²) in [5.74, 6) is 1.54. The molecule has 0 amide bonds. The second-order valence-electron chi connectivity index (χ2n) is 6.03. The summed E-state index contributed by atoms with van der Waals surface area (Å²) in [6.07, 6.45) is 0. The Morgan fingerprint density at radius 2 is 1.79 bits per heavy atom. The van der Waals surface area contributed by atoms with Gasteiger partial charge in [-0.05, 0) is 11.6 Å².